The van der Waals surface area contributed by atoms with E-state index in [0.29, 0.717) is 0 Å². The lowest BCUT2D eigenvalue weighted by Crippen LogP contribution is -2.40. The molecule has 1 aromatic carbocycles. The van der Waals surface area contributed by atoms with Crippen molar-refractivity contribution in [2.24, 2.45) is 0 Å². The van der Waals surface area contributed by atoms with Crippen molar-refractivity contribution < 1.29 is 31.4 Å². The van der Waals surface area contributed by atoms with Gasteiger partial charge in [-0.3, -0.25) is 0 Å². The van der Waals surface area contributed by atoms with E-state index in [1.807, 2.05) is 0 Å². The molecule has 0 aliphatic carbocycles. The van der Waals surface area contributed by atoms with E-state index >= 15 is 0 Å². The second-order valence-electron chi connectivity index (χ2n) is 3.97. The molecule has 0 radical (unpaired) electrons. The summed E-state index contributed by atoms with van der Waals surface area (Å²) in [6, 6.07) is 3.32. The van der Waals surface area contributed by atoms with Crippen LogP contribution in [0.15, 0.2) is 23.1 Å². The average molecular weight is 348 g/mol. The molecule has 0 aromatic heterocycles. The number of rotatable bonds is 6. The van der Waals surface area contributed by atoms with Gasteiger partial charge in [0.2, 0.25) is 10.0 Å². The highest BCUT2D eigenvalue weighted by Crippen LogP contribution is 2.29. The summed E-state index contributed by atoms with van der Waals surface area (Å²) in [7, 11) is -3.11. The Morgan fingerprint density at radius 2 is 2.00 bits per heavy atom. The maximum atomic E-state index is 12.4. The Morgan fingerprint density at radius 1 is 1.38 bits per heavy atom. The summed E-state index contributed by atoms with van der Waals surface area (Å²) in [5, 5.41) is 8.71. The Kier molecular flexibility index (Phi) is 5.85. The minimum Gasteiger partial charge on any atom is -0.495 e. The van der Waals surface area contributed by atoms with Crippen LogP contribution < -0.4 is 4.74 Å². The fraction of sp³-hybridized carbons (Fsp3) is 0.455. The van der Waals surface area contributed by atoms with Gasteiger partial charge in [0.1, 0.15) is 12.3 Å². The summed E-state index contributed by atoms with van der Waals surface area (Å²) in [5.74, 6) is 0.195. The van der Waals surface area contributed by atoms with Gasteiger partial charge in [0, 0.05) is 6.54 Å². The first-order valence-corrected chi connectivity index (χ1v) is 7.45. The van der Waals surface area contributed by atoms with Crippen LogP contribution in [-0.2, 0) is 10.0 Å². The van der Waals surface area contributed by atoms with Crippen molar-refractivity contribution in [3.63, 3.8) is 0 Å². The smallest absolute Gasteiger partial charge is 0.402 e. The third-order valence-corrected chi connectivity index (χ3v) is 4.60. The van der Waals surface area contributed by atoms with Gasteiger partial charge in [-0.05, 0) is 18.2 Å². The third kappa shape index (κ3) is 4.73. The molecule has 0 saturated carbocycles. The predicted molar refractivity (Wildman–Crippen MR) is 69.9 cm³/mol. The largest absolute Gasteiger partial charge is 0.495 e. The van der Waals surface area contributed by atoms with Crippen LogP contribution in [0, 0.1) is 0 Å². The number of hydrogen-bond acceptors (Lipinski definition) is 4. The number of ether oxygens (including phenoxy) is 1. The highest BCUT2D eigenvalue weighted by molar-refractivity contribution is 7.89. The summed E-state index contributed by atoms with van der Waals surface area (Å²) in [4.78, 5) is -0.411. The van der Waals surface area contributed by atoms with Crippen molar-refractivity contribution in [2.75, 3.05) is 26.8 Å². The molecule has 0 unspecified atom stereocenters. The molecule has 0 aliphatic heterocycles. The number of aliphatic hydroxyl groups is 1. The summed E-state index contributed by atoms with van der Waals surface area (Å²) in [6.07, 6.45) is -4.72. The molecule has 0 bridgehead atoms. The number of methoxy groups -OCH3 is 1. The van der Waals surface area contributed by atoms with E-state index in [9.17, 15) is 21.6 Å². The van der Waals surface area contributed by atoms with E-state index in [0.717, 1.165) is 12.1 Å². The molecule has 5 nitrogen and oxygen atoms in total. The molecule has 0 amide bonds. The summed E-state index contributed by atoms with van der Waals surface area (Å²) < 4.78 is 66.6. The predicted octanol–water partition coefficient (Wildman–Crippen LogP) is 1.89. The maximum absolute atomic E-state index is 12.4. The number of halogens is 4. The molecular formula is C11H13ClF3NO4S. The van der Waals surface area contributed by atoms with E-state index in [1.165, 1.54) is 13.2 Å². The first-order chi connectivity index (χ1) is 9.61. The number of hydrogen-bond donors (Lipinski definition) is 1. The van der Waals surface area contributed by atoms with Gasteiger partial charge in [0.05, 0.1) is 23.6 Å². The van der Waals surface area contributed by atoms with Crippen LogP contribution in [0.2, 0.25) is 5.02 Å². The fourth-order valence-electron chi connectivity index (χ4n) is 1.55. The van der Waals surface area contributed by atoms with Gasteiger partial charge in [-0.15, -0.1) is 0 Å². The maximum Gasteiger partial charge on any atom is 0.402 e. The van der Waals surface area contributed by atoms with Gasteiger partial charge in [-0.1, -0.05) is 11.6 Å². The molecule has 0 aliphatic rings. The van der Waals surface area contributed by atoms with E-state index < -0.39 is 40.8 Å². The standard InChI is InChI=1S/C11H13ClF3NO4S/c1-20-10-3-2-8(6-9(10)12)21(18,19)16(4-5-17)7-11(13,14)15/h2-3,6,17H,4-5,7H2,1H3. The zero-order valence-corrected chi connectivity index (χ0v) is 12.5. The molecule has 1 rings (SSSR count). The van der Waals surface area contributed by atoms with Crippen molar-refractivity contribution >= 4 is 21.6 Å². The lowest BCUT2D eigenvalue weighted by Gasteiger charge is -2.22. The monoisotopic (exact) mass is 347 g/mol. The highest BCUT2D eigenvalue weighted by Gasteiger charge is 2.36. The Morgan fingerprint density at radius 3 is 2.43 bits per heavy atom. The van der Waals surface area contributed by atoms with Crippen LogP contribution in [0.4, 0.5) is 13.2 Å². The molecule has 0 atom stereocenters. The Hall–Kier alpha value is -1.03. The molecule has 0 spiro atoms. The molecular weight excluding hydrogens is 335 g/mol. The first kappa shape index (κ1) is 18.0. The second-order valence-corrected chi connectivity index (χ2v) is 6.32. The number of nitrogens with zero attached hydrogens (tertiary/aromatic N) is 1. The molecule has 120 valence electrons. The van der Waals surface area contributed by atoms with Gasteiger partial charge in [0.25, 0.3) is 0 Å². The Balaban J connectivity index is 3.19. The van der Waals surface area contributed by atoms with Gasteiger partial charge in [0.15, 0.2) is 0 Å². The van der Waals surface area contributed by atoms with E-state index in [4.69, 9.17) is 21.4 Å². The van der Waals surface area contributed by atoms with Crippen molar-refractivity contribution in [2.45, 2.75) is 11.1 Å². The minimum absolute atomic E-state index is 0.0467. The van der Waals surface area contributed by atoms with E-state index in [1.54, 1.807) is 0 Å². The van der Waals surface area contributed by atoms with Crippen LogP contribution in [0.3, 0.4) is 0 Å². The second kappa shape index (κ2) is 6.82. The van der Waals surface area contributed by atoms with Crippen molar-refractivity contribution in [1.82, 2.24) is 4.31 Å². The normalized spacial score (nSPS) is 12.7. The average Bonchev–Trinajstić information content (AvgIpc) is 2.36. The molecule has 10 heteroatoms. The molecule has 1 N–H and O–H groups in total. The van der Waals surface area contributed by atoms with Crippen LogP contribution in [0.5, 0.6) is 5.75 Å². The SMILES string of the molecule is COc1ccc(S(=O)(=O)N(CCO)CC(F)(F)F)cc1Cl. The quantitative estimate of drug-likeness (QED) is 0.853. The van der Waals surface area contributed by atoms with Gasteiger partial charge in [-0.2, -0.15) is 17.5 Å². The van der Waals surface area contributed by atoms with E-state index in [-0.39, 0.29) is 15.1 Å². The van der Waals surface area contributed by atoms with Gasteiger partial charge < -0.3 is 9.84 Å². The molecule has 0 heterocycles. The molecule has 0 fully saturated rings. The van der Waals surface area contributed by atoms with Crippen LogP contribution in [-0.4, -0.2) is 50.8 Å². The zero-order valence-electron chi connectivity index (χ0n) is 10.9. The molecule has 21 heavy (non-hydrogen) atoms. The molecule has 0 saturated heterocycles. The van der Waals surface area contributed by atoms with Gasteiger partial charge >= 0.3 is 6.18 Å². The number of sulfonamides is 1. The van der Waals surface area contributed by atoms with Crippen molar-refractivity contribution in [3.8, 4) is 5.75 Å². The van der Waals surface area contributed by atoms with Crippen LogP contribution in [0.1, 0.15) is 0 Å². The van der Waals surface area contributed by atoms with Crippen molar-refractivity contribution in [3.05, 3.63) is 23.2 Å². The number of alkyl halides is 3. The summed E-state index contributed by atoms with van der Waals surface area (Å²) in [5.41, 5.74) is 0. The lowest BCUT2D eigenvalue weighted by atomic mass is 10.3. The summed E-state index contributed by atoms with van der Waals surface area (Å²) in [6.45, 7) is -3.11. The molecule has 1 aromatic rings. The fourth-order valence-corrected chi connectivity index (χ4v) is 3.32. The Labute approximate surface area is 124 Å². The number of aliphatic hydroxyl groups excluding tert-OH is 1. The number of benzene rings is 1. The van der Waals surface area contributed by atoms with Crippen molar-refractivity contribution in [1.29, 1.82) is 0 Å². The van der Waals surface area contributed by atoms with Crippen LogP contribution in [0.25, 0.3) is 0 Å². The third-order valence-electron chi connectivity index (χ3n) is 2.47. The minimum atomic E-state index is -4.72. The van der Waals surface area contributed by atoms with Gasteiger partial charge in [-0.25, -0.2) is 8.42 Å². The summed E-state index contributed by atoms with van der Waals surface area (Å²) >= 11 is 5.77. The zero-order chi connectivity index (χ0) is 16.3. The van der Waals surface area contributed by atoms with E-state index in [2.05, 4.69) is 0 Å². The Bertz CT molecular complexity index is 592. The first-order valence-electron chi connectivity index (χ1n) is 5.63. The lowest BCUT2D eigenvalue weighted by molar-refractivity contribution is -0.136. The highest BCUT2D eigenvalue weighted by atomic mass is 35.5. The topological polar surface area (TPSA) is 66.8 Å². The van der Waals surface area contributed by atoms with Crippen LogP contribution >= 0.6 is 11.6 Å².